The van der Waals surface area contributed by atoms with Crippen LogP contribution in [0.5, 0.6) is 0 Å². The van der Waals surface area contributed by atoms with E-state index in [0.717, 1.165) is 12.8 Å². The lowest BCUT2D eigenvalue weighted by Crippen LogP contribution is -2.50. The van der Waals surface area contributed by atoms with E-state index in [1.165, 1.54) is 6.42 Å². The van der Waals surface area contributed by atoms with E-state index in [0.29, 0.717) is 41.9 Å². The van der Waals surface area contributed by atoms with Crippen LogP contribution in [0, 0.1) is 0 Å². The molecule has 1 aromatic carbocycles. The number of carbonyl (C=O) groups excluding carboxylic acids is 1. The van der Waals surface area contributed by atoms with Gasteiger partial charge in [0.2, 0.25) is 5.91 Å². The van der Waals surface area contributed by atoms with Crippen molar-refractivity contribution in [3.63, 3.8) is 0 Å². The lowest BCUT2D eigenvalue weighted by molar-refractivity contribution is -0.138. The number of nitrogens with zero attached hydrogens (tertiary/aromatic N) is 3. The number of carbonyl (C=O) groups is 1. The van der Waals surface area contributed by atoms with Crippen LogP contribution >= 0.6 is 0 Å². The Hall–Kier alpha value is -2.21. The molecule has 1 amide bonds. The van der Waals surface area contributed by atoms with Crippen molar-refractivity contribution in [2.75, 3.05) is 13.6 Å². The Morgan fingerprint density at radius 1 is 1.28 bits per heavy atom. The van der Waals surface area contributed by atoms with Crippen LogP contribution < -0.4 is 5.56 Å². The van der Waals surface area contributed by atoms with Crippen LogP contribution in [-0.2, 0) is 11.3 Å². The maximum atomic E-state index is 12.7. The number of rotatable bonds is 4. The van der Waals surface area contributed by atoms with Crippen molar-refractivity contribution in [3.05, 3.63) is 40.4 Å². The monoisotopic (exact) mass is 342 g/mol. The number of hydrogen-bond donors (Lipinski definition) is 1. The van der Waals surface area contributed by atoms with Gasteiger partial charge in [0, 0.05) is 12.1 Å². The van der Waals surface area contributed by atoms with Crippen molar-refractivity contribution in [2.45, 2.75) is 51.7 Å². The highest BCUT2D eigenvalue weighted by atomic mass is 16.2. The molecule has 0 aliphatic carbocycles. The maximum absolute atomic E-state index is 12.7. The predicted molar refractivity (Wildman–Crippen MR) is 98.3 cm³/mol. The Balaban J connectivity index is 1.69. The minimum absolute atomic E-state index is 0.140. The average Bonchev–Trinajstić information content (AvgIpc) is 2.54. The van der Waals surface area contributed by atoms with Crippen LogP contribution in [0.25, 0.3) is 10.9 Å². The third-order valence-electron chi connectivity index (χ3n) is 4.97. The molecule has 1 aromatic heterocycles. The smallest absolute Gasteiger partial charge is 0.258 e. The molecule has 6 nitrogen and oxygen atoms in total. The first-order valence-electron chi connectivity index (χ1n) is 8.93. The largest absolute Gasteiger partial charge is 0.336 e. The van der Waals surface area contributed by atoms with Crippen LogP contribution in [0.15, 0.2) is 29.1 Å². The second kappa shape index (κ2) is 7.35. The molecule has 2 atom stereocenters. The van der Waals surface area contributed by atoms with E-state index >= 15 is 0 Å². The predicted octanol–water partition coefficient (Wildman–Crippen LogP) is 2.14. The molecule has 134 valence electrons. The van der Waals surface area contributed by atoms with Gasteiger partial charge < -0.3 is 9.88 Å². The number of likely N-dealkylation sites (tertiary alicyclic amines) is 1. The summed E-state index contributed by atoms with van der Waals surface area (Å²) in [5, 5.41) is 0.584. The van der Waals surface area contributed by atoms with Gasteiger partial charge in [-0.05, 0) is 52.3 Å². The molecule has 0 spiro atoms. The zero-order valence-electron chi connectivity index (χ0n) is 15.2. The molecule has 2 heterocycles. The molecule has 1 aliphatic rings. The van der Waals surface area contributed by atoms with Crippen LogP contribution in [-0.4, -0.2) is 51.4 Å². The lowest BCUT2D eigenvalue weighted by atomic mass is 9.97. The number of likely N-dealkylation sites (N-methyl/N-ethyl adjacent to an activating group) is 1. The van der Waals surface area contributed by atoms with Gasteiger partial charge in [0.25, 0.3) is 5.56 Å². The summed E-state index contributed by atoms with van der Waals surface area (Å²) >= 11 is 0. The maximum Gasteiger partial charge on any atom is 0.258 e. The van der Waals surface area contributed by atoms with Gasteiger partial charge >= 0.3 is 0 Å². The van der Waals surface area contributed by atoms with Gasteiger partial charge in [0.1, 0.15) is 5.82 Å². The van der Waals surface area contributed by atoms with E-state index in [1.54, 1.807) is 6.07 Å². The van der Waals surface area contributed by atoms with E-state index in [2.05, 4.69) is 23.8 Å². The summed E-state index contributed by atoms with van der Waals surface area (Å²) in [5.41, 5.74) is 0.540. The first-order chi connectivity index (χ1) is 12.0. The van der Waals surface area contributed by atoms with Crippen molar-refractivity contribution >= 4 is 16.8 Å². The first kappa shape index (κ1) is 17.6. The number of hydrogen-bond acceptors (Lipinski definition) is 4. The highest BCUT2D eigenvalue weighted by Crippen LogP contribution is 2.22. The Morgan fingerprint density at radius 3 is 2.68 bits per heavy atom. The van der Waals surface area contributed by atoms with Crippen molar-refractivity contribution in [2.24, 2.45) is 0 Å². The SMILES string of the molecule is C[C@@H]1CCC[C@H](C)N1C(=O)CN(C)Cc1nc2ccccc2c(=O)[nH]1. The first-order valence-corrected chi connectivity index (χ1v) is 8.93. The van der Waals surface area contributed by atoms with Crippen LogP contribution in [0.3, 0.4) is 0 Å². The third-order valence-corrected chi connectivity index (χ3v) is 4.97. The fourth-order valence-electron chi connectivity index (χ4n) is 3.75. The molecule has 1 aliphatic heterocycles. The number of benzene rings is 1. The molecule has 3 rings (SSSR count). The van der Waals surface area contributed by atoms with E-state index in [1.807, 2.05) is 35.0 Å². The fourth-order valence-corrected chi connectivity index (χ4v) is 3.75. The third kappa shape index (κ3) is 3.90. The Bertz CT molecular complexity index is 806. The summed E-state index contributed by atoms with van der Waals surface area (Å²) < 4.78 is 0. The van der Waals surface area contributed by atoms with Gasteiger partial charge in [-0.25, -0.2) is 4.98 Å². The molecule has 0 saturated carbocycles. The molecule has 0 bridgehead atoms. The van der Waals surface area contributed by atoms with Crippen LogP contribution in [0.4, 0.5) is 0 Å². The molecule has 2 aromatic rings. The molecule has 0 radical (unpaired) electrons. The number of H-pyrrole nitrogens is 1. The molecule has 1 fully saturated rings. The molecular formula is C19H26N4O2. The summed E-state index contributed by atoms with van der Waals surface area (Å²) in [7, 11) is 1.88. The number of amides is 1. The normalized spacial score (nSPS) is 21.0. The van der Waals surface area contributed by atoms with Gasteiger partial charge in [0.15, 0.2) is 0 Å². The van der Waals surface area contributed by atoms with Crippen molar-refractivity contribution in [3.8, 4) is 0 Å². The van der Waals surface area contributed by atoms with Gasteiger partial charge in [-0.2, -0.15) is 0 Å². The van der Waals surface area contributed by atoms with Crippen molar-refractivity contribution in [1.29, 1.82) is 0 Å². The van der Waals surface area contributed by atoms with E-state index in [9.17, 15) is 9.59 Å². The highest BCUT2D eigenvalue weighted by molar-refractivity contribution is 5.79. The van der Waals surface area contributed by atoms with Crippen LogP contribution in [0.1, 0.15) is 38.9 Å². The summed E-state index contributed by atoms with van der Waals surface area (Å²) in [4.78, 5) is 36.1. The number of fused-ring (bicyclic) bond motifs is 1. The quantitative estimate of drug-likeness (QED) is 0.924. The standard InChI is InChI=1S/C19H26N4O2/c1-13-7-6-8-14(2)23(13)18(24)12-22(3)11-17-20-16-10-5-4-9-15(16)19(25)21-17/h4-5,9-10,13-14H,6-8,11-12H2,1-3H3,(H,20,21,25)/t13-,14+. The number of aromatic nitrogens is 2. The topological polar surface area (TPSA) is 69.3 Å². The van der Waals surface area contributed by atoms with Crippen LogP contribution in [0.2, 0.25) is 0 Å². The van der Waals surface area contributed by atoms with Gasteiger partial charge in [-0.3, -0.25) is 14.5 Å². The zero-order chi connectivity index (χ0) is 18.0. The molecule has 1 N–H and O–H groups in total. The minimum Gasteiger partial charge on any atom is -0.336 e. The molecular weight excluding hydrogens is 316 g/mol. The Morgan fingerprint density at radius 2 is 1.96 bits per heavy atom. The summed E-state index contributed by atoms with van der Waals surface area (Å²) in [6.07, 6.45) is 3.32. The molecule has 25 heavy (non-hydrogen) atoms. The highest BCUT2D eigenvalue weighted by Gasteiger charge is 2.29. The number of piperidine rings is 1. The lowest BCUT2D eigenvalue weighted by Gasteiger charge is -2.39. The van der Waals surface area contributed by atoms with E-state index < -0.39 is 0 Å². The van der Waals surface area contributed by atoms with Crippen molar-refractivity contribution < 1.29 is 4.79 Å². The Kier molecular flexibility index (Phi) is 5.18. The van der Waals surface area contributed by atoms with Crippen molar-refractivity contribution in [1.82, 2.24) is 19.8 Å². The van der Waals surface area contributed by atoms with Gasteiger partial charge in [-0.15, -0.1) is 0 Å². The minimum atomic E-state index is -0.140. The van der Waals surface area contributed by atoms with Gasteiger partial charge in [0.05, 0.1) is 24.0 Å². The second-order valence-corrected chi connectivity index (χ2v) is 7.13. The second-order valence-electron chi connectivity index (χ2n) is 7.13. The fraction of sp³-hybridized carbons (Fsp3) is 0.526. The Labute approximate surface area is 147 Å². The molecule has 1 saturated heterocycles. The van der Waals surface area contributed by atoms with E-state index in [-0.39, 0.29) is 11.5 Å². The molecule has 6 heteroatoms. The molecule has 0 unspecified atom stereocenters. The zero-order valence-corrected chi connectivity index (χ0v) is 15.2. The number of para-hydroxylation sites is 1. The number of nitrogens with one attached hydrogen (secondary N) is 1. The van der Waals surface area contributed by atoms with E-state index in [4.69, 9.17) is 0 Å². The number of aromatic amines is 1. The summed E-state index contributed by atoms with van der Waals surface area (Å²) in [6, 6.07) is 7.87. The summed E-state index contributed by atoms with van der Waals surface area (Å²) in [5.74, 6) is 0.726. The average molecular weight is 342 g/mol. The van der Waals surface area contributed by atoms with Gasteiger partial charge in [-0.1, -0.05) is 12.1 Å². The summed E-state index contributed by atoms with van der Waals surface area (Å²) in [6.45, 7) is 5.00.